The van der Waals surface area contributed by atoms with Crippen molar-refractivity contribution >= 4 is 33.7 Å². The Morgan fingerprint density at radius 2 is 1.75 bits per heavy atom. The van der Waals surface area contributed by atoms with Crippen LogP contribution >= 0.6 is 15.9 Å². The molecule has 1 atom stereocenters. The molecule has 0 unspecified atom stereocenters. The molecule has 1 rings (SSSR count). The normalized spacial score (nSPS) is 11.5. The van der Waals surface area contributed by atoms with Gasteiger partial charge in [-0.05, 0) is 24.3 Å². The Morgan fingerprint density at radius 1 is 1.15 bits per heavy atom. The molecule has 0 fully saturated rings. The van der Waals surface area contributed by atoms with Gasteiger partial charge >= 0.3 is 5.97 Å². The third-order valence-corrected chi connectivity index (χ3v) is 2.82. The van der Waals surface area contributed by atoms with Crippen LogP contribution in [0.25, 0.3) is 0 Å². The van der Waals surface area contributed by atoms with Crippen molar-refractivity contribution in [1.29, 1.82) is 0 Å². The van der Waals surface area contributed by atoms with E-state index in [2.05, 4.69) is 26.6 Å². The molecule has 2 amide bonds. The van der Waals surface area contributed by atoms with Gasteiger partial charge in [-0.15, -0.1) is 0 Å². The van der Waals surface area contributed by atoms with E-state index in [1.54, 1.807) is 24.3 Å². The second-order valence-electron chi connectivity index (χ2n) is 3.85. The number of aliphatic hydroxyl groups is 1. The van der Waals surface area contributed by atoms with E-state index in [4.69, 9.17) is 10.2 Å². The van der Waals surface area contributed by atoms with E-state index in [0.717, 1.165) is 4.47 Å². The molecule has 0 bridgehead atoms. The molecule has 1 aromatic carbocycles. The van der Waals surface area contributed by atoms with Crippen molar-refractivity contribution in [3.05, 3.63) is 34.3 Å². The Hall–Kier alpha value is -1.93. The highest BCUT2D eigenvalue weighted by Crippen LogP contribution is 2.10. The first kappa shape index (κ1) is 16.1. The highest BCUT2D eigenvalue weighted by Gasteiger charge is 2.14. The quantitative estimate of drug-likeness (QED) is 0.567. The van der Waals surface area contributed by atoms with Crippen LogP contribution in [0.2, 0.25) is 0 Å². The van der Waals surface area contributed by atoms with Crippen molar-refractivity contribution in [2.24, 2.45) is 0 Å². The molecule has 0 saturated carbocycles. The van der Waals surface area contributed by atoms with E-state index in [-0.39, 0.29) is 6.54 Å². The average Bonchev–Trinajstić information content (AvgIpc) is 2.42. The minimum atomic E-state index is -1.67. The SMILES string of the molecule is O=C(CNC(=O)c1ccc(Br)cc1)NC[C@H](O)C(=O)O. The lowest BCUT2D eigenvalue weighted by Gasteiger charge is -2.08. The molecule has 1 aromatic rings. The van der Waals surface area contributed by atoms with Gasteiger partial charge < -0.3 is 20.8 Å². The summed E-state index contributed by atoms with van der Waals surface area (Å²) in [7, 11) is 0. The summed E-state index contributed by atoms with van der Waals surface area (Å²) in [6.45, 7) is -0.719. The Balaban J connectivity index is 2.35. The van der Waals surface area contributed by atoms with Crippen LogP contribution in [0.3, 0.4) is 0 Å². The molecule has 0 saturated heterocycles. The minimum Gasteiger partial charge on any atom is -0.479 e. The number of aliphatic hydroxyl groups excluding tert-OH is 1. The molecular weight excluding hydrogens is 332 g/mol. The fourth-order valence-corrected chi connectivity index (χ4v) is 1.49. The monoisotopic (exact) mass is 344 g/mol. The van der Waals surface area contributed by atoms with Crippen LogP contribution in [0.5, 0.6) is 0 Å². The Kier molecular flexibility index (Phi) is 6.13. The predicted octanol–water partition coefficient (Wildman–Crippen LogP) is -0.259. The first-order chi connectivity index (χ1) is 9.40. The summed E-state index contributed by atoms with van der Waals surface area (Å²) >= 11 is 3.24. The fourth-order valence-electron chi connectivity index (χ4n) is 1.22. The smallest absolute Gasteiger partial charge is 0.334 e. The maximum absolute atomic E-state index is 11.7. The summed E-state index contributed by atoms with van der Waals surface area (Å²) in [4.78, 5) is 33.3. The lowest BCUT2D eigenvalue weighted by atomic mass is 10.2. The van der Waals surface area contributed by atoms with Crippen LogP contribution in [0.1, 0.15) is 10.4 Å². The second-order valence-corrected chi connectivity index (χ2v) is 4.76. The standard InChI is InChI=1S/C12H13BrN2O5/c13-8-3-1-7(2-4-8)11(18)15-6-10(17)14-5-9(16)12(19)20/h1-4,9,16H,5-6H2,(H,14,17)(H,15,18)(H,19,20)/t9-/m0/s1. The van der Waals surface area contributed by atoms with Gasteiger partial charge in [-0.3, -0.25) is 9.59 Å². The first-order valence-corrected chi connectivity index (χ1v) is 6.41. The van der Waals surface area contributed by atoms with Crippen LogP contribution in [-0.4, -0.2) is 47.2 Å². The number of nitrogens with one attached hydrogen (secondary N) is 2. The van der Waals surface area contributed by atoms with Crippen molar-refractivity contribution in [1.82, 2.24) is 10.6 Å². The number of aliphatic carboxylic acids is 1. The number of hydrogen-bond donors (Lipinski definition) is 4. The number of carbonyl (C=O) groups excluding carboxylic acids is 2. The van der Waals surface area contributed by atoms with Gasteiger partial charge in [0.05, 0.1) is 13.1 Å². The number of halogens is 1. The number of carboxylic acids is 1. The van der Waals surface area contributed by atoms with Crippen molar-refractivity contribution in [3.8, 4) is 0 Å². The third kappa shape index (κ3) is 5.37. The molecule has 0 aliphatic carbocycles. The van der Waals surface area contributed by atoms with Crippen molar-refractivity contribution in [2.75, 3.05) is 13.1 Å². The van der Waals surface area contributed by atoms with Gasteiger partial charge in [0, 0.05) is 10.0 Å². The minimum absolute atomic E-state index is 0.304. The van der Waals surface area contributed by atoms with Crippen molar-refractivity contribution in [2.45, 2.75) is 6.10 Å². The van der Waals surface area contributed by atoms with Gasteiger partial charge in [0.15, 0.2) is 6.10 Å². The van der Waals surface area contributed by atoms with E-state index in [1.165, 1.54) is 0 Å². The lowest BCUT2D eigenvalue weighted by molar-refractivity contribution is -0.146. The van der Waals surface area contributed by atoms with E-state index < -0.39 is 30.4 Å². The van der Waals surface area contributed by atoms with Crippen LogP contribution in [0.15, 0.2) is 28.7 Å². The van der Waals surface area contributed by atoms with E-state index in [0.29, 0.717) is 5.56 Å². The molecule has 0 spiro atoms. The van der Waals surface area contributed by atoms with Crippen LogP contribution in [-0.2, 0) is 9.59 Å². The zero-order valence-electron chi connectivity index (χ0n) is 10.3. The zero-order valence-corrected chi connectivity index (χ0v) is 11.9. The molecule has 8 heteroatoms. The molecule has 108 valence electrons. The number of rotatable bonds is 6. The predicted molar refractivity (Wildman–Crippen MR) is 73.1 cm³/mol. The largest absolute Gasteiger partial charge is 0.479 e. The molecule has 0 radical (unpaired) electrons. The van der Waals surface area contributed by atoms with E-state index in [9.17, 15) is 14.4 Å². The van der Waals surface area contributed by atoms with Crippen LogP contribution < -0.4 is 10.6 Å². The summed E-state index contributed by atoms with van der Waals surface area (Å²) in [6, 6.07) is 6.56. The highest BCUT2D eigenvalue weighted by molar-refractivity contribution is 9.10. The van der Waals surface area contributed by atoms with Gasteiger partial charge in [-0.1, -0.05) is 15.9 Å². The van der Waals surface area contributed by atoms with Gasteiger partial charge in [-0.25, -0.2) is 4.79 Å². The fraction of sp³-hybridized carbons (Fsp3) is 0.250. The van der Waals surface area contributed by atoms with E-state index >= 15 is 0 Å². The Labute approximate surface area is 123 Å². The topological polar surface area (TPSA) is 116 Å². The summed E-state index contributed by atoms with van der Waals surface area (Å²) in [5, 5.41) is 21.9. The van der Waals surface area contributed by atoms with Crippen molar-refractivity contribution < 1.29 is 24.6 Å². The summed E-state index contributed by atoms with van der Waals surface area (Å²) in [6.07, 6.45) is -1.67. The van der Waals surface area contributed by atoms with E-state index in [1.807, 2.05) is 0 Å². The second kappa shape index (κ2) is 7.61. The summed E-state index contributed by atoms with van der Waals surface area (Å²) in [5.74, 6) is -2.44. The Morgan fingerprint density at radius 3 is 2.30 bits per heavy atom. The number of carboxylic acid groups (broad SMARTS) is 1. The molecule has 7 nitrogen and oxygen atoms in total. The first-order valence-electron chi connectivity index (χ1n) is 5.61. The average molecular weight is 345 g/mol. The Bertz CT molecular complexity index is 503. The van der Waals surface area contributed by atoms with Gasteiger partial charge in [0.25, 0.3) is 5.91 Å². The molecule has 20 heavy (non-hydrogen) atoms. The van der Waals surface area contributed by atoms with Crippen molar-refractivity contribution in [3.63, 3.8) is 0 Å². The van der Waals surface area contributed by atoms with Gasteiger partial charge in [-0.2, -0.15) is 0 Å². The number of benzene rings is 1. The van der Waals surface area contributed by atoms with Gasteiger partial charge in [0.2, 0.25) is 5.91 Å². The molecule has 4 N–H and O–H groups in total. The van der Waals surface area contributed by atoms with Gasteiger partial charge in [0.1, 0.15) is 0 Å². The lowest BCUT2D eigenvalue weighted by Crippen LogP contribution is -2.41. The summed E-state index contributed by atoms with van der Waals surface area (Å²) in [5.41, 5.74) is 0.395. The number of amides is 2. The third-order valence-electron chi connectivity index (χ3n) is 2.29. The maximum Gasteiger partial charge on any atom is 0.334 e. The molecule has 0 aliphatic rings. The molecule has 0 heterocycles. The molecule has 0 aromatic heterocycles. The number of carbonyl (C=O) groups is 3. The van der Waals surface area contributed by atoms with Crippen LogP contribution in [0, 0.1) is 0 Å². The maximum atomic E-state index is 11.7. The highest BCUT2D eigenvalue weighted by atomic mass is 79.9. The number of hydrogen-bond acceptors (Lipinski definition) is 4. The molecule has 0 aliphatic heterocycles. The summed E-state index contributed by atoms with van der Waals surface area (Å²) < 4.78 is 0.828. The zero-order chi connectivity index (χ0) is 15.1. The van der Waals surface area contributed by atoms with Crippen LogP contribution in [0.4, 0.5) is 0 Å². The molecular formula is C12H13BrN2O5.